The zero-order chi connectivity index (χ0) is 19.7. The number of Topliss-reactive ketones (excluding diaryl/α,β-unsaturated/α-hetero) is 1. The van der Waals surface area contributed by atoms with Gasteiger partial charge >= 0.3 is 11.9 Å². The summed E-state index contributed by atoms with van der Waals surface area (Å²) in [6, 6.07) is -1.06. The number of nitrogens with two attached hydrogens (primary N) is 1. The lowest BCUT2D eigenvalue weighted by atomic mass is 10.0. The van der Waals surface area contributed by atoms with Crippen LogP contribution in [0.4, 0.5) is 0 Å². The van der Waals surface area contributed by atoms with E-state index in [1.54, 1.807) is 0 Å². The molecule has 0 aromatic carbocycles. The van der Waals surface area contributed by atoms with Gasteiger partial charge in [0.1, 0.15) is 17.4 Å². The van der Waals surface area contributed by atoms with Crippen LogP contribution >= 0.6 is 0 Å². The van der Waals surface area contributed by atoms with Crippen LogP contribution in [-0.4, -0.2) is 93.7 Å². The molecule has 0 aromatic rings. The summed E-state index contributed by atoms with van der Waals surface area (Å²) < 4.78 is 0. The van der Waals surface area contributed by atoms with Crippen molar-refractivity contribution in [2.45, 2.75) is 18.9 Å². The van der Waals surface area contributed by atoms with Gasteiger partial charge in [-0.15, -0.1) is 0 Å². The van der Waals surface area contributed by atoms with Crippen LogP contribution in [0.2, 0.25) is 0 Å². The van der Waals surface area contributed by atoms with Crippen LogP contribution < -0.4 is 5.73 Å². The zero-order valence-electron chi connectivity index (χ0n) is 14.8. The first-order valence-corrected chi connectivity index (χ1v) is 8.79. The summed E-state index contributed by atoms with van der Waals surface area (Å²) in [7, 11) is 0. The third-order valence-corrected chi connectivity index (χ3v) is 4.47. The number of carboxylic acids is 2. The number of carboxylic acid groups (broad SMARTS) is 2. The fourth-order valence-electron chi connectivity index (χ4n) is 2.68. The highest BCUT2D eigenvalue weighted by molar-refractivity contribution is 6.22. The lowest BCUT2D eigenvalue weighted by molar-refractivity contribution is -0.139. The number of hydrogen-bond acceptors (Lipinski definition) is 8. The molecule has 0 bridgehead atoms. The van der Waals surface area contributed by atoms with Crippen molar-refractivity contribution in [1.29, 1.82) is 0 Å². The topological polar surface area (TPSA) is 144 Å². The van der Waals surface area contributed by atoms with E-state index < -0.39 is 18.0 Å². The average Bonchev–Trinajstić information content (AvgIpc) is 3.48. The molecule has 10 nitrogen and oxygen atoms in total. The minimum atomic E-state index is -1.17. The van der Waals surface area contributed by atoms with Crippen molar-refractivity contribution >= 4 is 23.5 Å². The Morgan fingerprint density at radius 3 is 1.93 bits per heavy atom. The molecule has 10 heteroatoms. The second kappa shape index (κ2) is 7.39. The molecule has 4 rings (SSSR count). The van der Waals surface area contributed by atoms with Gasteiger partial charge < -0.3 is 30.6 Å². The van der Waals surface area contributed by atoms with Crippen molar-refractivity contribution in [3.63, 3.8) is 0 Å². The van der Waals surface area contributed by atoms with Crippen LogP contribution in [0.5, 0.6) is 0 Å². The molecule has 0 aromatic heterocycles. The Bertz CT molecular complexity index is 747. The van der Waals surface area contributed by atoms with E-state index in [1.165, 1.54) is 6.08 Å². The molecule has 0 amide bonds. The first-order chi connectivity index (χ1) is 12.8. The Kier molecular flexibility index (Phi) is 5.17. The summed E-state index contributed by atoms with van der Waals surface area (Å²) >= 11 is 0. The number of ketones is 2. The molecule has 27 heavy (non-hydrogen) atoms. The predicted molar refractivity (Wildman–Crippen MR) is 92.3 cm³/mol. The largest absolute Gasteiger partial charge is 0.481 e. The van der Waals surface area contributed by atoms with E-state index in [-0.39, 0.29) is 24.4 Å². The third-order valence-electron chi connectivity index (χ3n) is 4.47. The standard InChI is InChI=1S/C12H13N3O2.C5H9NO4/c16-9-7-8(13-1-2-13)12(17)11(15-5-6-15)10(9)14-3-4-14;6-3(5(9)10)1-2-4(7)8/h7H,1-6H2;3H,1-2,6H2,(H,7,8)(H,9,10). The lowest BCUT2D eigenvalue weighted by Gasteiger charge is -2.21. The van der Waals surface area contributed by atoms with E-state index in [9.17, 15) is 19.2 Å². The monoisotopic (exact) mass is 378 g/mol. The van der Waals surface area contributed by atoms with Crippen LogP contribution in [0.3, 0.4) is 0 Å². The van der Waals surface area contributed by atoms with E-state index in [2.05, 4.69) is 0 Å². The Balaban J connectivity index is 0.000000183. The first kappa shape index (κ1) is 18.9. The van der Waals surface area contributed by atoms with Gasteiger partial charge in [-0.25, -0.2) is 0 Å². The maximum atomic E-state index is 12.4. The lowest BCUT2D eigenvalue weighted by Crippen LogP contribution is -2.30. The van der Waals surface area contributed by atoms with E-state index in [0.29, 0.717) is 17.1 Å². The summed E-state index contributed by atoms with van der Waals surface area (Å²) in [4.78, 5) is 50.3. The Labute approximate surface area is 155 Å². The van der Waals surface area contributed by atoms with E-state index in [0.717, 1.165) is 39.3 Å². The van der Waals surface area contributed by atoms with E-state index in [4.69, 9.17) is 15.9 Å². The SMILES string of the molecule is NC(CCC(=O)O)C(=O)O.O=C1C=C(N2CC2)C(=O)C(N2CC2)=C1N1CC1. The highest BCUT2D eigenvalue weighted by atomic mass is 16.4. The number of rotatable bonds is 7. The molecule has 0 radical (unpaired) electrons. The number of carbonyl (C=O) groups is 4. The molecule has 4 aliphatic rings. The summed E-state index contributed by atoms with van der Waals surface area (Å²) in [5, 5.41) is 16.3. The Morgan fingerprint density at radius 2 is 1.48 bits per heavy atom. The highest BCUT2D eigenvalue weighted by Crippen LogP contribution is 2.33. The van der Waals surface area contributed by atoms with E-state index in [1.807, 2.05) is 14.7 Å². The van der Waals surface area contributed by atoms with Gasteiger partial charge in [0.25, 0.3) is 0 Å². The normalized spacial score (nSPS) is 21.4. The van der Waals surface area contributed by atoms with Crippen molar-refractivity contribution in [3.05, 3.63) is 23.2 Å². The molecule has 0 spiro atoms. The molecule has 3 heterocycles. The molecule has 1 atom stereocenters. The minimum absolute atomic E-state index is 0.00546. The smallest absolute Gasteiger partial charge is 0.320 e. The van der Waals surface area contributed by atoms with Crippen molar-refractivity contribution in [1.82, 2.24) is 14.7 Å². The average molecular weight is 378 g/mol. The molecule has 0 saturated carbocycles. The predicted octanol–water partition coefficient (Wildman–Crippen LogP) is -1.56. The summed E-state index contributed by atoms with van der Waals surface area (Å²) in [5.74, 6) is -2.15. The summed E-state index contributed by atoms with van der Waals surface area (Å²) in [6.45, 7) is 5.41. The highest BCUT2D eigenvalue weighted by Gasteiger charge is 2.43. The number of hydrogen-bond donors (Lipinski definition) is 3. The fraction of sp³-hybridized carbons (Fsp3) is 0.529. The van der Waals surface area contributed by atoms with Gasteiger partial charge in [0, 0.05) is 51.8 Å². The Hall–Kier alpha value is -2.88. The maximum Gasteiger partial charge on any atom is 0.320 e. The first-order valence-electron chi connectivity index (χ1n) is 8.79. The Morgan fingerprint density at radius 1 is 0.963 bits per heavy atom. The van der Waals surface area contributed by atoms with Crippen LogP contribution in [0.25, 0.3) is 0 Å². The molecule has 3 saturated heterocycles. The molecular formula is C17H22N4O6. The minimum Gasteiger partial charge on any atom is -0.481 e. The van der Waals surface area contributed by atoms with Gasteiger partial charge in [-0.1, -0.05) is 0 Å². The second-order valence-corrected chi connectivity index (χ2v) is 6.76. The molecule has 3 aliphatic heterocycles. The molecule has 4 N–H and O–H groups in total. The van der Waals surface area contributed by atoms with Gasteiger partial charge in [-0.2, -0.15) is 0 Å². The van der Waals surface area contributed by atoms with Crippen molar-refractivity contribution in [2.75, 3.05) is 39.3 Å². The maximum absolute atomic E-state index is 12.4. The summed E-state index contributed by atoms with van der Waals surface area (Å²) in [6.07, 6.45) is 1.30. The van der Waals surface area contributed by atoms with E-state index >= 15 is 0 Å². The van der Waals surface area contributed by atoms with Crippen LogP contribution in [0, 0.1) is 0 Å². The van der Waals surface area contributed by atoms with Gasteiger partial charge in [0.05, 0.1) is 5.70 Å². The molecule has 1 aliphatic carbocycles. The number of nitrogens with zero attached hydrogens (tertiary/aromatic N) is 3. The van der Waals surface area contributed by atoms with Crippen molar-refractivity contribution in [2.24, 2.45) is 5.73 Å². The van der Waals surface area contributed by atoms with Crippen LogP contribution in [0.1, 0.15) is 12.8 Å². The number of allylic oxidation sites excluding steroid dienone is 1. The van der Waals surface area contributed by atoms with Crippen molar-refractivity contribution < 1.29 is 29.4 Å². The van der Waals surface area contributed by atoms with Gasteiger partial charge in [0.15, 0.2) is 0 Å². The van der Waals surface area contributed by atoms with Gasteiger partial charge in [-0.05, 0) is 6.42 Å². The number of carbonyl (C=O) groups excluding carboxylic acids is 2. The fourth-order valence-corrected chi connectivity index (χ4v) is 2.68. The van der Waals surface area contributed by atoms with Gasteiger partial charge in [-0.3, -0.25) is 19.2 Å². The van der Waals surface area contributed by atoms with Crippen LogP contribution in [-0.2, 0) is 19.2 Å². The molecular weight excluding hydrogens is 356 g/mol. The van der Waals surface area contributed by atoms with Crippen molar-refractivity contribution in [3.8, 4) is 0 Å². The quantitative estimate of drug-likeness (QED) is 0.351. The third kappa shape index (κ3) is 4.64. The second-order valence-electron chi connectivity index (χ2n) is 6.76. The van der Waals surface area contributed by atoms with Crippen LogP contribution in [0.15, 0.2) is 23.2 Å². The van der Waals surface area contributed by atoms with Gasteiger partial charge in [0.2, 0.25) is 11.6 Å². The number of aliphatic carboxylic acids is 2. The summed E-state index contributed by atoms with van der Waals surface area (Å²) in [5.41, 5.74) is 6.89. The molecule has 1 unspecified atom stereocenters. The molecule has 3 fully saturated rings. The molecule has 146 valence electrons. The zero-order valence-corrected chi connectivity index (χ0v) is 14.8.